The van der Waals surface area contributed by atoms with Crippen LogP contribution in [0.1, 0.15) is 34.1 Å². The Labute approximate surface area is 57.1 Å². The van der Waals surface area contributed by atoms with Gasteiger partial charge in [-0.05, 0) is 24.7 Å². The summed E-state index contributed by atoms with van der Waals surface area (Å²) in [4.78, 5) is 0. The fourth-order valence-corrected chi connectivity index (χ4v) is 1.94. The van der Waals surface area contributed by atoms with Crippen LogP contribution in [-0.4, -0.2) is 10.7 Å². The van der Waals surface area contributed by atoms with E-state index in [9.17, 15) is 5.11 Å². The first-order chi connectivity index (χ1) is 3.86. The molecule has 0 aromatic rings. The van der Waals surface area contributed by atoms with E-state index in [2.05, 4.69) is 20.8 Å². The zero-order chi connectivity index (χ0) is 7.28. The van der Waals surface area contributed by atoms with Crippen molar-refractivity contribution in [1.82, 2.24) is 0 Å². The van der Waals surface area contributed by atoms with E-state index in [1.807, 2.05) is 6.92 Å². The van der Waals surface area contributed by atoms with Crippen molar-refractivity contribution in [2.75, 3.05) is 0 Å². The number of hydrogen-bond donors (Lipinski definition) is 1. The van der Waals surface area contributed by atoms with Gasteiger partial charge in [-0.25, -0.2) is 0 Å². The molecule has 1 saturated carbocycles. The summed E-state index contributed by atoms with van der Waals surface area (Å²) in [5.41, 5.74) is -0.0208. The Balaban J connectivity index is 2.62. The maximum absolute atomic E-state index is 9.52. The highest BCUT2D eigenvalue weighted by atomic mass is 16.3. The van der Waals surface area contributed by atoms with Crippen LogP contribution in [0.5, 0.6) is 0 Å². The van der Waals surface area contributed by atoms with E-state index in [-0.39, 0.29) is 5.60 Å². The van der Waals surface area contributed by atoms with Crippen molar-refractivity contribution in [3.05, 3.63) is 0 Å². The van der Waals surface area contributed by atoms with Crippen molar-refractivity contribution in [1.29, 1.82) is 0 Å². The Morgan fingerprint density at radius 2 is 1.78 bits per heavy atom. The van der Waals surface area contributed by atoms with Crippen LogP contribution in [0.15, 0.2) is 0 Å². The number of hydrogen-bond acceptors (Lipinski definition) is 1. The molecule has 0 aromatic heterocycles. The van der Waals surface area contributed by atoms with E-state index in [1.165, 1.54) is 0 Å². The lowest BCUT2D eigenvalue weighted by molar-refractivity contribution is -0.158. The third-order valence-electron chi connectivity index (χ3n) is 2.92. The molecule has 0 saturated heterocycles. The first kappa shape index (κ1) is 7.07. The summed E-state index contributed by atoms with van der Waals surface area (Å²) in [6.45, 7) is 8.44. The van der Waals surface area contributed by atoms with Crippen LogP contribution >= 0.6 is 0 Å². The molecule has 1 heteroatoms. The molecule has 9 heavy (non-hydrogen) atoms. The molecular formula is C8H16O. The lowest BCUT2D eigenvalue weighted by Crippen LogP contribution is -2.55. The second-order valence-corrected chi connectivity index (χ2v) is 4.24. The quantitative estimate of drug-likeness (QED) is 0.527. The first-order valence-corrected chi connectivity index (χ1v) is 3.59. The van der Waals surface area contributed by atoms with Crippen LogP contribution in [0.3, 0.4) is 0 Å². The smallest absolute Gasteiger partial charge is 0.0655 e. The average molecular weight is 128 g/mol. The van der Waals surface area contributed by atoms with Gasteiger partial charge in [0.2, 0.25) is 0 Å². The Morgan fingerprint density at radius 3 is 1.78 bits per heavy atom. The average Bonchev–Trinajstić information content (AvgIpc) is 1.63. The summed E-state index contributed by atoms with van der Waals surface area (Å²) < 4.78 is 0. The van der Waals surface area contributed by atoms with E-state index in [0.29, 0.717) is 11.3 Å². The molecule has 0 heterocycles. The maximum Gasteiger partial charge on any atom is 0.0655 e. The molecule has 0 amide bonds. The van der Waals surface area contributed by atoms with Crippen LogP contribution in [0.4, 0.5) is 0 Å². The molecule has 54 valence electrons. The molecule has 1 rings (SSSR count). The van der Waals surface area contributed by atoms with Crippen molar-refractivity contribution < 1.29 is 5.11 Å². The van der Waals surface area contributed by atoms with Crippen molar-refractivity contribution >= 4 is 0 Å². The van der Waals surface area contributed by atoms with Crippen LogP contribution < -0.4 is 0 Å². The number of rotatable bonds is 0. The van der Waals surface area contributed by atoms with Gasteiger partial charge >= 0.3 is 0 Å². The summed E-state index contributed by atoms with van der Waals surface area (Å²) in [5.74, 6) is 0.449. The topological polar surface area (TPSA) is 20.2 Å². The predicted molar refractivity (Wildman–Crippen MR) is 38.2 cm³/mol. The van der Waals surface area contributed by atoms with Crippen molar-refractivity contribution in [2.24, 2.45) is 11.3 Å². The number of aliphatic hydroxyl groups is 1. The normalized spacial score (nSPS) is 48.3. The third kappa shape index (κ3) is 0.877. The molecule has 0 aromatic carbocycles. The standard InChI is InChI=1S/C8H16O/c1-6-7(2,3)5-8(6,4)9/h6,9H,5H2,1-4H3. The molecule has 0 radical (unpaired) electrons. The second kappa shape index (κ2) is 1.51. The third-order valence-corrected chi connectivity index (χ3v) is 2.92. The van der Waals surface area contributed by atoms with Gasteiger partial charge in [-0.3, -0.25) is 0 Å². The van der Waals surface area contributed by atoms with Gasteiger partial charge in [-0.1, -0.05) is 20.8 Å². The van der Waals surface area contributed by atoms with Crippen LogP contribution in [0.25, 0.3) is 0 Å². The van der Waals surface area contributed by atoms with Gasteiger partial charge in [0.15, 0.2) is 0 Å². The SMILES string of the molecule is CC1C(C)(C)CC1(C)O. The molecule has 2 atom stereocenters. The zero-order valence-electron chi connectivity index (χ0n) is 6.73. The predicted octanol–water partition coefficient (Wildman–Crippen LogP) is 1.80. The lowest BCUT2D eigenvalue weighted by Gasteiger charge is -2.54. The molecule has 2 unspecified atom stereocenters. The second-order valence-electron chi connectivity index (χ2n) is 4.24. The Morgan fingerprint density at radius 1 is 1.33 bits per heavy atom. The molecule has 0 bridgehead atoms. The van der Waals surface area contributed by atoms with Crippen LogP contribution in [0.2, 0.25) is 0 Å². The Kier molecular flexibility index (Phi) is 1.19. The van der Waals surface area contributed by atoms with E-state index >= 15 is 0 Å². The van der Waals surface area contributed by atoms with Crippen molar-refractivity contribution in [3.63, 3.8) is 0 Å². The highest BCUT2D eigenvalue weighted by Gasteiger charge is 2.51. The molecule has 0 spiro atoms. The van der Waals surface area contributed by atoms with Gasteiger partial charge in [0.05, 0.1) is 5.60 Å². The minimum atomic E-state index is -0.385. The Hall–Kier alpha value is -0.0400. The van der Waals surface area contributed by atoms with Crippen molar-refractivity contribution in [2.45, 2.75) is 39.7 Å². The minimum absolute atomic E-state index is 0.365. The van der Waals surface area contributed by atoms with Crippen LogP contribution in [-0.2, 0) is 0 Å². The summed E-state index contributed by atoms with van der Waals surface area (Å²) >= 11 is 0. The summed E-state index contributed by atoms with van der Waals surface area (Å²) in [6.07, 6.45) is 0.946. The zero-order valence-corrected chi connectivity index (χ0v) is 6.73. The van der Waals surface area contributed by atoms with E-state index < -0.39 is 0 Å². The highest BCUT2D eigenvalue weighted by molar-refractivity contribution is 5.02. The van der Waals surface area contributed by atoms with Gasteiger partial charge in [-0.15, -0.1) is 0 Å². The van der Waals surface area contributed by atoms with Crippen LogP contribution in [0, 0.1) is 11.3 Å². The monoisotopic (exact) mass is 128 g/mol. The summed E-state index contributed by atoms with van der Waals surface area (Å²) in [6, 6.07) is 0. The molecular weight excluding hydrogens is 112 g/mol. The first-order valence-electron chi connectivity index (χ1n) is 3.59. The summed E-state index contributed by atoms with van der Waals surface area (Å²) in [7, 11) is 0. The fourth-order valence-electron chi connectivity index (χ4n) is 1.94. The van der Waals surface area contributed by atoms with E-state index in [0.717, 1.165) is 6.42 Å². The molecule has 1 aliphatic rings. The lowest BCUT2D eigenvalue weighted by atomic mass is 9.54. The van der Waals surface area contributed by atoms with Crippen molar-refractivity contribution in [3.8, 4) is 0 Å². The Bertz CT molecular complexity index is 111. The molecule has 1 N–H and O–H groups in total. The van der Waals surface area contributed by atoms with Gasteiger partial charge < -0.3 is 5.11 Å². The van der Waals surface area contributed by atoms with E-state index in [1.54, 1.807) is 0 Å². The minimum Gasteiger partial charge on any atom is -0.390 e. The molecule has 0 aliphatic heterocycles. The highest BCUT2D eigenvalue weighted by Crippen LogP contribution is 2.52. The van der Waals surface area contributed by atoms with E-state index in [4.69, 9.17) is 0 Å². The van der Waals surface area contributed by atoms with Gasteiger partial charge in [0.25, 0.3) is 0 Å². The molecule has 1 aliphatic carbocycles. The van der Waals surface area contributed by atoms with Gasteiger partial charge in [-0.2, -0.15) is 0 Å². The van der Waals surface area contributed by atoms with Gasteiger partial charge in [0, 0.05) is 0 Å². The summed E-state index contributed by atoms with van der Waals surface area (Å²) in [5, 5.41) is 9.52. The molecule has 1 fully saturated rings. The van der Waals surface area contributed by atoms with Gasteiger partial charge in [0.1, 0.15) is 0 Å². The fraction of sp³-hybridized carbons (Fsp3) is 1.00. The molecule has 1 nitrogen and oxygen atoms in total. The maximum atomic E-state index is 9.52. The largest absolute Gasteiger partial charge is 0.390 e.